The van der Waals surface area contributed by atoms with Gasteiger partial charge in [-0.1, -0.05) is 30.3 Å². The molecule has 0 bridgehead atoms. The summed E-state index contributed by atoms with van der Waals surface area (Å²) in [6.45, 7) is 2.04. The van der Waals surface area contributed by atoms with Crippen molar-refractivity contribution in [1.29, 1.82) is 0 Å². The summed E-state index contributed by atoms with van der Waals surface area (Å²) in [7, 11) is 0. The smallest absolute Gasteiger partial charge is 0.270 e. The topological polar surface area (TPSA) is 110 Å². The molecule has 0 saturated heterocycles. The second kappa shape index (κ2) is 8.63. The quantitative estimate of drug-likeness (QED) is 0.370. The molecular weight excluding hydrogens is 360 g/mol. The summed E-state index contributed by atoms with van der Waals surface area (Å²) in [4.78, 5) is 22.3. The molecule has 142 valence electrons. The molecular formula is C20H18N4O4. The Kier molecular flexibility index (Phi) is 5.81. The molecule has 2 N–H and O–H groups in total. The number of non-ortho nitro benzene ring substituents is 1. The van der Waals surface area contributed by atoms with E-state index in [1.54, 1.807) is 24.3 Å². The molecule has 8 heteroatoms. The number of benzene rings is 2. The number of nitrogens with one attached hydrogen (secondary N) is 2. The summed E-state index contributed by atoms with van der Waals surface area (Å²) in [5.41, 5.74) is 4.91. The van der Waals surface area contributed by atoms with Crippen molar-refractivity contribution in [2.45, 2.75) is 6.92 Å². The van der Waals surface area contributed by atoms with Crippen LogP contribution in [0.25, 0.3) is 11.3 Å². The van der Waals surface area contributed by atoms with Gasteiger partial charge in [0.05, 0.1) is 17.7 Å². The maximum Gasteiger partial charge on any atom is 0.270 e. The van der Waals surface area contributed by atoms with Crippen LogP contribution in [-0.4, -0.2) is 23.6 Å². The molecule has 1 aromatic heterocycles. The van der Waals surface area contributed by atoms with Gasteiger partial charge in [0.2, 0.25) is 0 Å². The summed E-state index contributed by atoms with van der Waals surface area (Å²) in [6, 6.07) is 17.2. The Hall–Kier alpha value is -3.94. The first-order valence-electron chi connectivity index (χ1n) is 8.49. The number of aryl methyl sites for hydroxylation is 1. The van der Waals surface area contributed by atoms with Crippen molar-refractivity contribution >= 4 is 23.5 Å². The average Bonchev–Trinajstić information content (AvgIpc) is 3.16. The Bertz CT molecular complexity index is 1030. The number of carbonyl (C=O) groups excluding carboxylic acids is 1. The molecule has 0 fully saturated rings. The second-order valence-corrected chi connectivity index (χ2v) is 5.97. The van der Waals surface area contributed by atoms with E-state index >= 15 is 0 Å². The van der Waals surface area contributed by atoms with Crippen molar-refractivity contribution in [3.8, 4) is 11.3 Å². The van der Waals surface area contributed by atoms with Crippen LogP contribution >= 0.6 is 0 Å². The highest BCUT2D eigenvalue weighted by Crippen LogP contribution is 2.25. The fourth-order valence-electron chi connectivity index (χ4n) is 2.50. The zero-order valence-electron chi connectivity index (χ0n) is 15.1. The molecule has 1 heterocycles. The van der Waals surface area contributed by atoms with Gasteiger partial charge in [-0.3, -0.25) is 14.9 Å². The number of carbonyl (C=O) groups is 1. The van der Waals surface area contributed by atoms with E-state index in [0.29, 0.717) is 17.1 Å². The molecule has 3 aromatic rings. The summed E-state index contributed by atoms with van der Waals surface area (Å²) in [5.74, 6) is 0.580. The fourth-order valence-corrected chi connectivity index (χ4v) is 2.50. The SMILES string of the molecule is Cc1ccccc1NCC(=O)N/N=C/c1ccc(-c2cccc([N+](=O)[O-])c2)o1. The van der Waals surface area contributed by atoms with Gasteiger partial charge in [-0.25, -0.2) is 5.43 Å². The van der Waals surface area contributed by atoms with Crippen LogP contribution in [0.4, 0.5) is 11.4 Å². The molecule has 0 unspecified atom stereocenters. The van der Waals surface area contributed by atoms with Gasteiger partial charge in [-0.05, 0) is 30.7 Å². The van der Waals surface area contributed by atoms with Crippen molar-refractivity contribution < 1.29 is 14.1 Å². The third-order valence-corrected chi connectivity index (χ3v) is 3.93. The van der Waals surface area contributed by atoms with Crippen LogP contribution in [0.2, 0.25) is 0 Å². The number of nitrogens with zero attached hydrogens (tertiary/aromatic N) is 2. The molecule has 0 atom stereocenters. The number of hydrazone groups is 1. The first kappa shape index (κ1) is 18.8. The van der Waals surface area contributed by atoms with Crippen LogP contribution in [0.15, 0.2) is 70.2 Å². The maximum atomic E-state index is 11.9. The Labute approximate surface area is 161 Å². The minimum Gasteiger partial charge on any atom is -0.455 e. The maximum absolute atomic E-state index is 11.9. The highest BCUT2D eigenvalue weighted by atomic mass is 16.6. The summed E-state index contributed by atoms with van der Waals surface area (Å²) >= 11 is 0. The second-order valence-electron chi connectivity index (χ2n) is 5.97. The van der Waals surface area contributed by atoms with Crippen LogP contribution in [-0.2, 0) is 4.79 Å². The molecule has 3 rings (SSSR count). The van der Waals surface area contributed by atoms with Crippen LogP contribution < -0.4 is 10.7 Å². The summed E-state index contributed by atoms with van der Waals surface area (Å²) in [5, 5.41) is 17.8. The van der Waals surface area contributed by atoms with Crippen LogP contribution in [0, 0.1) is 17.0 Å². The lowest BCUT2D eigenvalue weighted by atomic mass is 10.1. The summed E-state index contributed by atoms with van der Waals surface area (Å²) < 4.78 is 5.59. The van der Waals surface area contributed by atoms with E-state index in [1.807, 2.05) is 31.2 Å². The average molecular weight is 378 g/mol. The van der Waals surface area contributed by atoms with E-state index in [1.165, 1.54) is 18.3 Å². The monoisotopic (exact) mass is 378 g/mol. The van der Waals surface area contributed by atoms with E-state index < -0.39 is 4.92 Å². The molecule has 0 aliphatic carbocycles. The van der Waals surface area contributed by atoms with E-state index in [-0.39, 0.29) is 18.1 Å². The number of amides is 1. The Morgan fingerprint density at radius 2 is 2.00 bits per heavy atom. The lowest BCUT2D eigenvalue weighted by Gasteiger charge is -2.07. The third kappa shape index (κ3) is 4.82. The Balaban J connectivity index is 1.55. The highest BCUT2D eigenvalue weighted by Gasteiger charge is 2.09. The molecule has 0 aliphatic heterocycles. The van der Waals surface area contributed by atoms with Crippen molar-refractivity contribution in [3.63, 3.8) is 0 Å². The van der Waals surface area contributed by atoms with E-state index in [4.69, 9.17) is 4.42 Å². The molecule has 1 amide bonds. The molecule has 28 heavy (non-hydrogen) atoms. The molecule has 2 aromatic carbocycles. The molecule has 0 saturated carbocycles. The number of anilines is 1. The standard InChI is InChI=1S/C20H18N4O4/c1-14-5-2-3-8-18(14)21-13-20(25)23-22-12-17-9-10-19(28-17)15-6-4-7-16(11-15)24(26)27/h2-12,21H,13H2,1H3,(H,23,25)/b22-12+. The summed E-state index contributed by atoms with van der Waals surface area (Å²) in [6.07, 6.45) is 1.37. The van der Waals surface area contributed by atoms with Crippen LogP contribution in [0.3, 0.4) is 0 Å². The number of hydrogen-bond acceptors (Lipinski definition) is 6. The Morgan fingerprint density at radius 1 is 1.18 bits per heavy atom. The zero-order valence-corrected chi connectivity index (χ0v) is 15.1. The van der Waals surface area contributed by atoms with Crippen molar-refractivity contribution in [2.24, 2.45) is 5.10 Å². The Morgan fingerprint density at radius 3 is 2.79 bits per heavy atom. The van der Waals surface area contributed by atoms with Crippen molar-refractivity contribution in [3.05, 3.63) is 82.1 Å². The minimum atomic E-state index is -0.463. The van der Waals surface area contributed by atoms with Gasteiger partial charge in [0.15, 0.2) is 0 Å². The highest BCUT2D eigenvalue weighted by molar-refractivity contribution is 5.83. The van der Waals surface area contributed by atoms with Gasteiger partial charge in [-0.2, -0.15) is 5.10 Å². The lowest BCUT2D eigenvalue weighted by Crippen LogP contribution is -2.26. The number of nitro benzene ring substituents is 1. The van der Waals surface area contributed by atoms with Crippen LogP contribution in [0.5, 0.6) is 0 Å². The molecule has 0 aliphatic rings. The van der Waals surface area contributed by atoms with Gasteiger partial charge >= 0.3 is 0 Å². The predicted molar refractivity (Wildman–Crippen MR) is 106 cm³/mol. The number of rotatable bonds is 7. The van der Waals surface area contributed by atoms with Gasteiger partial charge < -0.3 is 9.73 Å². The predicted octanol–water partition coefficient (Wildman–Crippen LogP) is 3.73. The van der Waals surface area contributed by atoms with E-state index in [0.717, 1.165) is 11.3 Å². The third-order valence-electron chi connectivity index (χ3n) is 3.93. The van der Waals surface area contributed by atoms with Crippen molar-refractivity contribution in [2.75, 3.05) is 11.9 Å². The molecule has 0 radical (unpaired) electrons. The van der Waals surface area contributed by atoms with E-state index in [9.17, 15) is 14.9 Å². The lowest BCUT2D eigenvalue weighted by molar-refractivity contribution is -0.384. The molecule has 0 spiro atoms. The largest absolute Gasteiger partial charge is 0.455 e. The van der Waals surface area contributed by atoms with Gasteiger partial charge in [0.25, 0.3) is 11.6 Å². The van der Waals surface area contributed by atoms with Gasteiger partial charge in [0, 0.05) is 23.4 Å². The number of para-hydroxylation sites is 1. The number of furan rings is 1. The van der Waals surface area contributed by atoms with Crippen molar-refractivity contribution in [1.82, 2.24) is 5.43 Å². The van der Waals surface area contributed by atoms with Gasteiger partial charge in [0.1, 0.15) is 11.5 Å². The normalized spacial score (nSPS) is 10.8. The number of nitro groups is 1. The van der Waals surface area contributed by atoms with Crippen LogP contribution in [0.1, 0.15) is 11.3 Å². The minimum absolute atomic E-state index is 0.0162. The zero-order chi connectivity index (χ0) is 19.9. The molecule has 8 nitrogen and oxygen atoms in total. The fraction of sp³-hybridized carbons (Fsp3) is 0.100. The first-order chi connectivity index (χ1) is 13.5. The number of hydrogen-bond donors (Lipinski definition) is 2. The first-order valence-corrected chi connectivity index (χ1v) is 8.49. The van der Waals surface area contributed by atoms with E-state index in [2.05, 4.69) is 15.8 Å². The van der Waals surface area contributed by atoms with Gasteiger partial charge in [-0.15, -0.1) is 0 Å².